The number of ketones is 3. The predicted molar refractivity (Wildman–Crippen MR) is 196 cm³/mol. The molecule has 6 nitrogen and oxygen atoms in total. The van der Waals surface area contributed by atoms with Crippen LogP contribution >= 0.6 is 0 Å². The molecule has 0 amide bonds. The van der Waals surface area contributed by atoms with Crippen molar-refractivity contribution in [3.05, 3.63) is 0 Å². The van der Waals surface area contributed by atoms with Gasteiger partial charge in [0.05, 0.1) is 6.10 Å². The highest BCUT2D eigenvalue weighted by Gasteiger charge is 2.07. The zero-order valence-electron chi connectivity index (χ0n) is 32.3. The fourth-order valence-electron chi connectivity index (χ4n) is 4.28. The Morgan fingerprint density at radius 1 is 0.422 bits per heavy atom. The smallest absolute Gasteiger partial charge is 0.135 e. The Bertz CT molecular complexity index is 636. The molecular formula is C39H80N2O4. The molecule has 0 aliphatic carbocycles. The average Bonchev–Trinajstić information content (AvgIpc) is 2.95. The minimum Gasteiger partial charge on any atom is -0.379 e. The van der Waals surface area contributed by atoms with Gasteiger partial charge in [0, 0.05) is 55.7 Å². The van der Waals surface area contributed by atoms with Crippen molar-refractivity contribution < 1.29 is 19.1 Å². The maximum absolute atomic E-state index is 11.4. The molecule has 0 bridgehead atoms. The lowest BCUT2D eigenvalue weighted by atomic mass is 10.0. The van der Waals surface area contributed by atoms with Crippen molar-refractivity contribution in [3.63, 3.8) is 0 Å². The number of hydrogen-bond acceptors (Lipinski definition) is 6. The van der Waals surface area contributed by atoms with Crippen LogP contribution in [-0.4, -0.2) is 55.2 Å². The van der Waals surface area contributed by atoms with Crippen LogP contribution in [-0.2, 0) is 19.1 Å². The van der Waals surface area contributed by atoms with Crippen LogP contribution < -0.4 is 10.6 Å². The third kappa shape index (κ3) is 42.9. The average molecular weight is 641 g/mol. The lowest BCUT2D eigenvalue weighted by Gasteiger charge is -2.07. The summed E-state index contributed by atoms with van der Waals surface area (Å²) in [4.78, 5) is 33.9. The number of hydrogen-bond donors (Lipinski definition) is 2. The van der Waals surface area contributed by atoms with Crippen LogP contribution in [0.25, 0.3) is 0 Å². The van der Waals surface area contributed by atoms with Gasteiger partial charge in [0.2, 0.25) is 0 Å². The largest absolute Gasteiger partial charge is 0.379 e. The monoisotopic (exact) mass is 641 g/mol. The van der Waals surface area contributed by atoms with Crippen molar-refractivity contribution in [3.8, 4) is 0 Å². The highest BCUT2D eigenvalue weighted by molar-refractivity contribution is 5.80. The summed E-state index contributed by atoms with van der Waals surface area (Å²) >= 11 is 0. The Morgan fingerprint density at radius 3 is 1.02 bits per heavy atom. The van der Waals surface area contributed by atoms with E-state index in [0.29, 0.717) is 35.5 Å². The molecule has 0 aromatic heterocycles. The van der Waals surface area contributed by atoms with Gasteiger partial charge in [-0.1, -0.05) is 108 Å². The molecule has 0 unspecified atom stereocenters. The van der Waals surface area contributed by atoms with E-state index in [2.05, 4.69) is 38.3 Å². The first-order chi connectivity index (χ1) is 21.1. The number of Topliss-reactive ketones (excluding diaryl/α,β-unsaturated/α-hetero) is 3. The summed E-state index contributed by atoms with van der Waals surface area (Å²) in [6, 6.07) is 1.18. The van der Waals surface area contributed by atoms with Crippen LogP contribution in [0.4, 0.5) is 0 Å². The van der Waals surface area contributed by atoms with Gasteiger partial charge in [0.25, 0.3) is 0 Å². The van der Waals surface area contributed by atoms with Gasteiger partial charge in [-0.15, -0.1) is 0 Å². The molecule has 6 heteroatoms. The minimum atomic E-state index is 0.196. The third-order valence-corrected chi connectivity index (χ3v) is 7.51. The zero-order chi connectivity index (χ0) is 35.0. The Kier molecular flexibility index (Phi) is 36.7. The van der Waals surface area contributed by atoms with Gasteiger partial charge < -0.3 is 15.4 Å². The van der Waals surface area contributed by atoms with Crippen molar-refractivity contribution in [2.45, 2.75) is 198 Å². The Hall–Kier alpha value is -1.11. The first-order valence-corrected chi connectivity index (χ1v) is 18.8. The standard InChI is InChI=1S/C15H31NO.C12H25NO.C12H24O2/c1-13(2)15(17)11-9-7-5-6-8-10-12-16-14(3)4;1-10(2)12(14)8-6-5-7-9-13-11(3)4;1-10(2)12(13)8-6-5-7-9-14-11(3)4/h13-14,16H,5-12H2,1-4H3;10-11,13H,5-9H2,1-4H3;10-11H,5-9H2,1-4H3. The molecule has 0 fully saturated rings. The van der Waals surface area contributed by atoms with Gasteiger partial charge in [-0.2, -0.15) is 0 Å². The van der Waals surface area contributed by atoms with E-state index in [4.69, 9.17) is 4.74 Å². The van der Waals surface area contributed by atoms with Crippen molar-refractivity contribution in [2.24, 2.45) is 17.8 Å². The first-order valence-electron chi connectivity index (χ1n) is 18.8. The van der Waals surface area contributed by atoms with E-state index >= 15 is 0 Å². The van der Waals surface area contributed by atoms with Gasteiger partial charge in [-0.25, -0.2) is 0 Å². The fourth-order valence-corrected chi connectivity index (χ4v) is 4.28. The molecule has 0 spiro atoms. The molecule has 0 atom stereocenters. The quantitative estimate of drug-likeness (QED) is 0.0870. The van der Waals surface area contributed by atoms with Gasteiger partial charge in [0.15, 0.2) is 0 Å². The van der Waals surface area contributed by atoms with Crippen molar-refractivity contribution in [1.29, 1.82) is 0 Å². The second kappa shape index (κ2) is 34.2. The summed E-state index contributed by atoms with van der Waals surface area (Å²) in [6.45, 7) is 27.7. The number of rotatable bonds is 27. The van der Waals surface area contributed by atoms with Crippen LogP contribution in [0.15, 0.2) is 0 Å². The van der Waals surface area contributed by atoms with Crippen LogP contribution in [0.2, 0.25) is 0 Å². The van der Waals surface area contributed by atoms with E-state index in [1.165, 1.54) is 38.5 Å². The molecule has 0 aromatic rings. The van der Waals surface area contributed by atoms with E-state index in [1.807, 2.05) is 55.4 Å². The lowest BCUT2D eigenvalue weighted by molar-refractivity contribution is -0.122. The molecular weight excluding hydrogens is 560 g/mol. The molecule has 0 saturated heterocycles. The van der Waals surface area contributed by atoms with Crippen molar-refractivity contribution in [1.82, 2.24) is 10.6 Å². The molecule has 2 N–H and O–H groups in total. The summed E-state index contributed by atoms with van der Waals surface area (Å²) in [5, 5.41) is 6.80. The second-order valence-corrected chi connectivity index (χ2v) is 14.5. The van der Waals surface area contributed by atoms with Gasteiger partial charge in [-0.05, 0) is 65.5 Å². The minimum absolute atomic E-state index is 0.196. The summed E-state index contributed by atoms with van der Waals surface area (Å²) in [5.41, 5.74) is 0. The molecule has 270 valence electrons. The van der Waals surface area contributed by atoms with Crippen molar-refractivity contribution >= 4 is 17.3 Å². The highest BCUT2D eigenvalue weighted by atomic mass is 16.5. The van der Waals surface area contributed by atoms with E-state index in [9.17, 15) is 14.4 Å². The highest BCUT2D eigenvalue weighted by Crippen LogP contribution is 2.10. The van der Waals surface area contributed by atoms with Gasteiger partial charge in [0.1, 0.15) is 17.3 Å². The third-order valence-electron chi connectivity index (χ3n) is 7.51. The number of carbonyl (C=O) groups excluding carboxylic acids is 3. The predicted octanol–water partition coefficient (Wildman–Crippen LogP) is 9.91. The number of unbranched alkanes of at least 4 members (excludes halogenated alkanes) is 9. The maximum atomic E-state index is 11.4. The normalized spacial score (nSPS) is 11.3. The Morgan fingerprint density at radius 2 is 0.711 bits per heavy atom. The Balaban J connectivity index is -0.000000592. The zero-order valence-corrected chi connectivity index (χ0v) is 32.3. The molecule has 0 radical (unpaired) electrons. The summed E-state index contributed by atoms with van der Waals surface area (Å²) in [6.07, 6.45) is 16.7. The molecule has 0 aromatic carbocycles. The van der Waals surface area contributed by atoms with E-state index in [0.717, 1.165) is 77.5 Å². The number of carbonyl (C=O) groups is 3. The number of ether oxygens (including phenoxy) is 1. The van der Waals surface area contributed by atoms with Crippen molar-refractivity contribution in [2.75, 3.05) is 19.7 Å². The van der Waals surface area contributed by atoms with Crippen LogP contribution in [0.5, 0.6) is 0 Å². The van der Waals surface area contributed by atoms with Crippen LogP contribution in [0.1, 0.15) is 179 Å². The van der Waals surface area contributed by atoms with Crippen LogP contribution in [0, 0.1) is 17.8 Å². The van der Waals surface area contributed by atoms with Crippen LogP contribution in [0.3, 0.4) is 0 Å². The fraction of sp³-hybridized carbons (Fsp3) is 0.923. The molecule has 0 aliphatic heterocycles. The summed E-state index contributed by atoms with van der Waals surface area (Å²) < 4.78 is 5.41. The lowest BCUT2D eigenvalue weighted by Crippen LogP contribution is -2.23. The molecule has 0 heterocycles. The van der Waals surface area contributed by atoms with E-state index < -0.39 is 0 Å². The molecule has 0 saturated carbocycles. The maximum Gasteiger partial charge on any atom is 0.135 e. The summed E-state index contributed by atoms with van der Waals surface area (Å²) in [7, 11) is 0. The van der Waals surface area contributed by atoms with E-state index in [1.54, 1.807) is 0 Å². The molecule has 0 rings (SSSR count). The summed E-state index contributed by atoms with van der Waals surface area (Å²) in [5.74, 6) is 1.84. The van der Waals surface area contributed by atoms with Gasteiger partial charge >= 0.3 is 0 Å². The molecule has 45 heavy (non-hydrogen) atoms. The molecule has 0 aliphatic rings. The second-order valence-electron chi connectivity index (χ2n) is 14.5. The number of nitrogens with one attached hydrogen (secondary N) is 2. The Labute approximate surface area is 281 Å². The topological polar surface area (TPSA) is 84.5 Å². The van der Waals surface area contributed by atoms with E-state index in [-0.39, 0.29) is 17.8 Å². The first kappa shape index (κ1) is 48.3. The van der Waals surface area contributed by atoms with Gasteiger partial charge in [-0.3, -0.25) is 14.4 Å². The SMILES string of the molecule is CC(C)NCCCCCC(=O)C(C)C.CC(C)NCCCCCCCCC(=O)C(C)C.CC(C)OCCCCCC(=O)C(C)C.